The van der Waals surface area contributed by atoms with Crippen LogP contribution in [0.25, 0.3) is 0 Å². The fourth-order valence-corrected chi connectivity index (χ4v) is 2.34. The van der Waals surface area contributed by atoms with E-state index in [2.05, 4.69) is 37.2 Å². The molecule has 0 saturated heterocycles. The third kappa shape index (κ3) is 1.76. The van der Waals surface area contributed by atoms with E-state index >= 15 is 0 Å². The van der Waals surface area contributed by atoms with E-state index in [-0.39, 0.29) is 11.7 Å². The van der Waals surface area contributed by atoms with Gasteiger partial charge in [0.2, 0.25) is 5.91 Å². The van der Waals surface area contributed by atoms with Crippen LogP contribution in [0.3, 0.4) is 0 Å². The lowest BCUT2D eigenvalue weighted by Gasteiger charge is -2.20. The van der Waals surface area contributed by atoms with Gasteiger partial charge in [0.1, 0.15) is 5.75 Å². The van der Waals surface area contributed by atoms with Gasteiger partial charge < -0.3 is 10.1 Å². The highest BCUT2D eigenvalue weighted by Gasteiger charge is 2.32. The van der Waals surface area contributed by atoms with Crippen molar-refractivity contribution in [1.82, 2.24) is 0 Å². The van der Waals surface area contributed by atoms with Gasteiger partial charge in [-0.2, -0.15) is 0 Å². The van der Waals surface area contributed by atoms with E-state index in [1.165, 1.54) is 7.11 Å². The maximum atomic E-state index is 11.8. The summed E-state index contributed by atoms with van der Waals surface area (Å²) in [7, 11) is 1.52. The van der Waals surface area contributed by atoms with Crippen LogP contribution in [-0.4, -0.2) is 23.6 Å². The second-order valence-corrected chi connectivity index (χ2v) is 5.02. The molecule has 0 bridgehead atoms. The van der Waals surface area contributed by atoms with Crippen LogP contribution in [0, 0.1) is 0 Å². The third-order valence-corrected chi connectivity index (χ3v) is 3.73. The number of hydrogen-bond acceptors (Lipinski definition) is 3. The first-order chi connectivity index (χ1) is 7.54. The SMILES string of the molecule is COc1cc2c(cc1Br)C(=O)C(Br)C(=O)N2. The molecule has 0 spiro atoms. The molecule has 1 aliphatic heterocycles. The Bertz CT molecular complexity index is 487. The fraction of sp³-hybridized carbons (Fsp3) is 0.200. The summed E-state index contributed by atoms with van der Waals surface area (Å²) in [5.74, 6) is -0.0381. The Balaban J connectivity index is 2.58. The molecule has 2 rings (SSSR count). The molecule has 1 aromatic carbocycles. The lowest BCUT2D eigenvalue weighted by Crippen LogP contribution is -2.35. The number of Topliss-reactive ketones (excluding diaryl/α,β-unsaturated/α-hetero) is 1. The first kappa shape index (κ1) is 11.6. The number of hydrogen-bond donors (Lipinski definition) is 1. The molecular formula is C10H7Br2NO3. The Hall–Kier alpha value is -0.880. The van der Waals surface area contributed by atoms with Crippen LogP contribution < -0.4 is 10.1 Å². The molecule has 0 aliphatic carbocycles. The van der Waals surface area contributed by atoms with E-state index in [1.54, 1.807) is 12.1 Å². The van der Waals surface area contributed by atoms with Gasteiger partial charge in [0.05, 0.1) is 17.3 Å². The van der Waals surface area contributed by atoms with Gasteiger partial charge in [0, 0.05) is 11.6 Å². The Morgan fingerprint density at radius 1 is 1.38 bits per heavy atom. The molecule has 6 heteroatoms. The molecule has 0 fully saturated rings. The maximum absolute atomic E-state index is 11.8. The van der Waals surface area contributed by atoms with Crippen LogP contribution in [0.4, 0.5) is 5.69 Å². The van der Waals surface area contributed by atoms with Gasteiger partial charge >= 0.3 is 0 Å². The molecule has 4 nitrogen and oxygen atoms in total. The average Bonchev–Trinajstić information content (AvgIpc) is 2.27. The number of nitrogens with one attached hydrogen (secondary N) is 1. The van der Waals surface area contributed by atoms with Crippen molar-refractivity contribution in [1.29, 1.82) is 0 Å². The summed E-state index contributed by atoms with van der Waals surface area (Å²) in [4.78, 5) is 22.4. The molecule has 1 aliphatic rings. The van der Waals surface area contributed by atoms with E-state index in [4.69, 9.17) is 4.74 Å². The number of anilines is 1. The van der Waals surface area contributed by atoms with Crippen LogP contribution in [-0.2, 0) is 4.79 Å². The normalized spacial score (nSPS) is 19.1. The molecule has 0 radical (unpaired) electrons. The summed E-state index contributed by atoms with van der Waals surface area (Å²) in [6.07, 6.45) is 0. The van der Waals surface area contributed by atoms with Crippen LogP contribution in [0.15, 0.2) is 16.6 Å². The van der Waals surface area contributed by atoms with Gasteiger partial charge in [-0.25, -0.2) is 0 Å². The molecule has 84 valence electrons. The number of fused-ring (bicyclic) bond motifs is 1. The van der Waals surface area contributed by atoms with Gasteiger partial charge in [0.15, 0.2) is 10.6 Å². The standard InChI is InChI=1S/C10H7Br2NO3/c1-16-7-3-6-4(2-5(7)11)9(14)8(12)10(15)13-6/h2-3,8H,1H3,(H,13,15). The molecular weight excluding hydrogens is 342 g/mol. The van der Waals surface area contributed by atoms with E-state index in [0.29, 0.717) is 21.5 Å². The van der Waals surface area contributed by atoms with Crippen molar-refractivity contribution in [2.75, 3.05) is 12.4 Å². The molecule has 1 amide bonds. The number of carbonyl (C=O) groups excluding carboxylic acids is 2. The van der Waals surface area contributed by atoms with Crippen molar-refractivity contribution in [3.8, 4) is 5.75 Å². The Kier molecular flexibility index (Phi) is 3.03. The molecule has 1 unspecified atom stereocenters. The predicted octanol–water partition coefficient (Wildman–Crippen LogP) is 2.36. The van der Waals surface area contributed by atoms with Crippen LogP contribution in [0.2, 0.25) is 0 Å². The lowest BCUT2D eigenvalue weighted by atomic mass is 10.0. The van der Waals surface area contributed by atoms with E-state index in [0.717, 1.165) is 0 Å². The number of carbonyl (C=O) groups is 2. The van der Waals surface area contributed by atoms with Crippen molar-refractivity contribution in [2.45, 2.75) is 4.83 Å². The van der Waals surface area contributed by atoms with E-state index in [1.807, 2.05) is 0 Å². The summed E-state index contributed by atoms with van der Waals surface area (Å²) in [6.45, 7) is 0. The highest BCUT2D eigenvalue weighted by atomic mass is 79.9. The molecule has 16 heavy (non-hydrogen) atoms. The molecule has 1 aromatic rings. The van der Waals surface area contributed by atoms with Gasteiger partial charge in [-0.05, 0) is 22.0 Å². The van der Waals surface area contributed by atoms with Crippen molar-refractivity contribution in [3.05, 3.63) is 22.2 Å². The molecule has 0 saturated carbocycles. The van der Waals surface area contributed by atoms with Crippen molar-refractivity contribution in [2.24, 2.45) is 0 Å². The van der Waals surface area contributed by atoms with E-state index < -0.39 is 4.83 Å². The van der Waals surface area contributed by atoms with Gasteiger partial charge in [-0.15, -0.1) is 0 Å². The second-order valence-electron chi connectivity index (χ2n) is 3.25. The van der Waals surface area contributed by atoms with Crippen molar-refractivity contribution < 1.29 is 14.3 Å². The third-order valence-electron chi connectivity index (χ3n) is 2.28. The number of amides is 1. The summed E-state index contributed by atoms with van der Waals surface area (Å²) >= 11 is 6.33. The summed E-state index contributed by atoms with van der Waals surface area (Å²) in [5.41, 5.74) is 0.944. The van der Waals surface area contributed by atoms with Crippen LogP contribution in [0.5, 0.6) is 5.75 Å². The monoisotopic (exact) mass is 347 g/mol. The number of ether oxygens (including phenoxy) is 1. The minimum atomic E-state index is -0.819. The smallest absolute Gasteiger partial charge is 0.246 e. The molecule has 1 heterocycles. The number of ketones is 1. The first-order valence-electron chi connectivity index (χ1n) is 4.41. The Morgan fingerprint density at radius 2 is 2.06 bits per heavy atom. The zero-order valence-corrected chi connectivity index (χ0v) is 11.4. The topological polar surface area (TPSA) is 55.4 Å². The molecule has 0 aromatic heterocycles. The minimum Gasteiger partial charge on any atom is -0.495 e. The number of benzene rings is 1. The maximum Gasteiger partial charge on any atom is 0.246 e. The minimum absolute atomic E-state index is 0.248. The molecule has 1 atom stereocenters. The average molecular weight is 349 g/mol. The number of rotatable bonds is 1. The molecule has 1 N–H and O–H groups in total. The Labute approximate surface area is 109 Å². The summed E-state index contributed by atoms with van der Waals surface area (Å²) < 4.78 is 5.77. The number of methoxy groups -OCH3 is 1. The number of halogens is 2. The first-order valence-corrected chi connectivity index (χ1v) is 6.12. The van der Waals surface area contributed by atoms with E-state index in [9.17, 15) is 9.59 Å². The highest BCUT2D eigenvalue weighted by Crippen LogP contribution is 2.35. The predicted molar refractivity (Wildman–Crippen MR) is 66.4 cm³/mol. The quantitative estimate of drug-likeness (QED) is 0.626. The summed E-state index contributed by atoms with van der Waals surface area (Å²) in [6, 6.07) is 3.26. The Morgan fingerprint density at radius 3 is 2.69 bits per heavy atom. The summed E-state index contributed by atoms with van der Waals surface area (Å²) in [5, 5.41) is 2.63. The highest BCUT2D eigenvalue weighted by molar-refractivity contribution is 9.10. The van der Waals surface area contributed by atoms with Crippen LogP contribution in [0.1, 0.15) is 10.4 Å². The fourth-order valence-electron chi connectivity index (χ4n) is 1.47. The zero-order chi connectivity index (χ0) is 11.9. The largest absolute Gasteiger partial charge is 0.495 e. The zero-order valence-electron chi connectivity index (χ0n) is 8.21. The van der Waals surface area contributed by atoms with Gasteiger partial charge in [0.25, 0.3) is 0 Å². The van der Waals surface area contributed by atoms with Gasteiger partial charge in [-0.1, -0.05) is 15.9 Å². The second kappa shape index (κ2) is 4.18. The number of alkyl halides is 1. The van der Waals surface area contributed by atoms with Crippen LogP contribution >= 0.6 is 31.9 Å². The lowest BCUT2D eigenvalue weighted by molar-refractivity contribution is -0.115. The van der Waals surface area contributed by atoms with Crippen molar-refractivity contribution in [3.63, 3.8) is 0 Å². The van der Waals surface area contributed by atoms with Gasteiger partial charge in [-0.3, -0.25) is 9.59 Å². The van der Waals surface area contributed by atoms with Crippen molar-refractivity contribution >= 4 is 49.2 Å².